The highest BCUT2D eigenvalue weighted by molar-refractivity contribution is 6.03. The number of rotatable bonds is 1. The molecule has 2 aliphatic rings. The first-order chi connectivity index (χ1) is 12.0. The van der Waals surface area contributed by atoms with Crippen molar-refractivity contribution in [3.8, 4) is 5.75 Å². The Morgan fingerprint density at radius 1 is 1.36 bits per heavy atom. The van der Waals surface area contributed by atoms with E-state index in [1.165, 1.54) is 5.57 Å². The molecule has 1 fully saturated rings. The van der Waals surface area contributed by atoms with E-state index in [1.54, 1.807) is 12.1 Å². The third-order valence-corrected chi connectivity index (χ3v) is 6.05. The number of allylic oxidation sites excluding steroid dienone is 1. The molecule has 132 valence electrons. The van der Waals surface area contributed by atoms with E-state index < -0.39 is 0 Å². The minimum Gasteiger partial charge on any atom is -0.508 e. The molecule has 3 atom stereocenters. The number of benzene rings is 1. The Balaban J connectivity index is 1.90. The zero-order valence-electron chi connectivity index (χ0n) is 14.6. The number of likely N-dealkylation sites (tertiary alicyclic amines) is 1. The molecule has 0 saturated carbocycles. The predicted molar refractivity (Wildman–Crippen MR) is 96.9 cm³/mol. The third kappa shape index (κ3) is 2.50. The van der Waals surface area contributed by atoms with E-state index in [9.17, 15) is 15.0 Å². The lowest BCUT2D eigenvalue weighted by molar-refractivity contribution is 0.0518. The van der Waals surface area contributed by atoms with E-state index in [4.69, 9.17) is 0 Å². The van der Waals surface area contributed by atoms with Crippen LogP contribution in [0.25, 0.3) is 10.9 Å². The van der Waals surface area contributed by atoms with Crippen LogP contribution in [0.1, 0.15) is 29.4 Å². The Kier molecular flexibility index (Phi) is 3.93. The van der Waals surface area contributed by atoms with Gasteiger partial charge in [0.25, 0.3) is 0 Å². The second-order valence-electron chi connectivity index (χ2n) is 7.34. The van der Waals surface area contributed by atoms with Crippen LogP contribution < -0.4 is 0 Å². The van der Waals surface area contributed by atoms with Gasteiger partial charge in [0.15, 0.2) is 5.78 Å². The normalized spacial score (nSPS) is 28.8. The Morgan fingerprint density at radius 3 is 2.88 bits per heavy atom. The van der Waals surface area contributed by atoms with Crippen molar-refractivity contribution in [2.24, 2.45) is 11.8 Å². The zero-order valence-corrected chi connectivity index (χ0v) is 14.6. The lowest BCUT2D eigenvalue weighted by Gasteiger charge is -2.46. The highest BCUT2D eigenvalue weighted by Gasteiger charge is 2.42. The fourth-order valence-corrected chi connectivity index (χ4v) is 4.73. The Morgan fingerprint density at radius 2 is 2.16 bits per heavy atom. The van der Waals surface area contributed by atoms with E-state index in [0.29, 0.717) is 18.5 Å². The fourth-order valence-electron chi connectivity index (χ4n) is 4.73. The molecule has 0 radical (unpaired) electrons. The van der Waals surface area contributed by atoms with Crippen LogP contribution >= 0.6 is 0 Å². The van der Waals surface area contributed by atoms with Gasteiger partial charge in [0, 0.05) is 42.4 Å². The first kappa shape index (κ1) is 16.4. The number of carbonyl (C=O) groups excluding carboxylic acids is 1. The van der Waals surface area contributed by atoms with Gasteiger partial charge in [-0.05, 0) is 50.1 Å². The van der Waals surface area contributed by atoms with Gasteiger partial charge >= 0.3 is 0 Å². The van der Waals surface area contributed by atoms with Crippen LogP contribution in [0.3, 0.4) is 0 Å². The number of phenols is 1. The maximum atomic E-state index is 13.0. The molecule has 2 aromatic rings. The summed E-state index contributed by atoms with van der Waals surface area (Å²) in [5, 5.41) is 20.9. The van der Waals surface area contributed by atoms with Crippen molar-refractivity contribution >= 4 is 16.7 Å². The summed E-state index contributed by atoms with van der Waals surface area (Å²) in [7, 11) is 2.09. The molecular formula is C20H24N2O3. The molecule has 2 bridgehead atoms. The number of fused-ring (bicyclic) bond motifs is 5. The monoisotopic (exact) mass is 340 g/mol. The van der Waals surface area contributed by atoms with Crippen LogP contribution in [0, 0.1) is 11.8 Å². The van der Waals surface area contributed by atoms with E-state index in [-0.39, 0.29) is 36.0 Å². The number of carbonyl (C=O) groups is 1. The molecule has 1 aliphatic carbocycles. The number of hydrogen-bond donors (Lipinski definition) is 3. The number of hydrogen-bond acceptors (Lipinski definition) is 4. The van der Waals surface area contributed by atoms with Crippen LogP contribution in [0.15, 0.2) is 29.8 Å². The molecule has 0 spiro atoms. The number of likely N-dealkylation sites (N-methyl/N-ethyl adjacent to an activating group) is 1. The number of nitrogens with zero attached hydrogens (tertiary/aromatic N) is 1. The van der Waals surface area contributed by atoms with Crippen LogP contribution in [-0.2, 0) is 6.42 Å². The van der Waals surface area contributed by atoms with Crippen molar-refractivity contribution in [3.63, 3.8) is 0 Å². The molecule has 1 saturated heterocycles. The summed E-state index contributed by atoms with van der Waals surface area (Å²) >= 11 is 0. The van der Waals surface area contributed by atoms with Crippen LogP contribution in [0.4, 0.5) is 0 Å². The first-order valence-corrected chi connectivity index (χ1v) is 8.86. The Hall–Kier alpha value is -2.11. The second kappa shape index (κ2) is 6.00. The summed E-state index contributed by atoms with van der Waals surface area (Å²) < 4.78 is 0. The zero-order chi connectivity index (χ0) is 17.7. The minimum atomic E-state index is 0.0457. The number of aliphatic hydroxyl groups excluding tert-OH is 1. The van der Waals surface area contributed by atoms with Gasteiger partial charge in [-0.3, -0.25) is 9.69 Å². The molecule has 5 nitrogen and oxygen atoms in total. The van der Waals surface area contributed by atoms with Gasteiger partial charge in [-0.15, -0.1) is 0 Å². The van der Waals surface area contributed by atoms with E-state index in [2.05, 4.69) is 23.0 Å². The number of phenolic OH excluding ortho intramolecular Hbond substituents is 1. The average Bonchev–Trinajstić information content (AvgIpc) is 2.94. The van der Waals surface area contributed by atoms with Crippen LogP contribution in [-0.4, -0.2) is 52.1 Å². The highest BCUT2D eigenvalue weighted by Crippen LogP contribution is 2.41. The van der Waals surface area contributed by atoms with E-state index in [1.807, 2.05) is 13.0 Å². The lowest BCUT2D eigenvalue weighted by Crippen LogP contribution is -2.52. The fraction of sp³-hybridized carbons (Fsp3) is 0.450. The molecule has 2 heterocycles. The molecule has 1 aromatic heterocycles. The number of aromatic amines is 1. The SMILES string of the molecule is CC=C1CN(C)[C@H]2Cc3c([nH]c4ccc(O)cc34)C(=O)C[C@H]1C2CO. The number of piperidine rings is 1. The molecule has 3 N–H and O–H groups in total. The smallest absolute Gasteiger partial charge is 0.179 e. The summed E-state index contributed by atoms with van der Waals surface area (Å²) in [5.74, 6) is 0.436. The predicted octanol–water partition coefficient (Wildman–Crippen LogP) is 2.49. The summed E-state index contributed by atoms with van der Waals surface area (Å²) in [6.45, 7) is 2.92. The maximum absolute atomic E-state index is 13.0. The number of aromatic nitrogens is 1. The minimum absolute atomic E-state index is 0.0457. The molecule has 1 aliphatic heterocycles. The average molecular weight is 340 g/mol. The van der Waals surface area contributed by atoms with Gasteiger partial charge in [-0.2, -0.15) is 0 Å². The number of aromatic hydroxyl groups is 1. The first-order valence-electron chi connectivity index (χ1n) is 8.86. The van der Waals surface area contributed by atoms with Gasteiger partial charge in [0.2, 0.25) is 0 Å². The molecule has 0 amide bonds. The van der Waals surface area contributed by atoms with Crippen molar-refractivity contribution in [1.29, 1.82) is 0 Å². The van der Waals surface area contributed by atoms with Crippen molar-refractivity contribution in [2.45, 2.75) is 25.8 Å². The molecule has 1 unspecified atom stereocenters. The maximum Gasteiger partial charge on any atom is 0.179 e. The number of nitrogens with one attached hydrogen (secondary N) is 1. The summed E-state index contributed by atoms with van der Waals surface area (Å²) in [6.07, 6.45) is 3.21. The molecular weight excluding hydrogens is 316 g/mol. The Labute approximate surface area is 147 Å². The standard InChI is InChI=1S/C20H24N2O3/c1-3-11-9-22(2)18-7-15-14-6-12(24)4-5-17(14)21-20(15)19(25)8-13(11)16(18)10-23/h3-6,13,16,18,21,23-24H,7-10H2,1-2H3/t13-,16?,18+/m1/s1. The van der Waals surface area contributed by atoms with Gasteiger partial charge in [-0.1, -0.05) is 11.6 Å². The van der Waals surface area contributed by atoms with Gasteiger partial charge < -0.3 is 15.2 Å². The quantitative estimate of drug-likeness (QED) is 0.697. The lowest BCUT2D eigenvalue weighted by atomic mass is 9.71. The molecule has 25 heavy (non-hydrogen) atoms. The molecule has 5 heteroatoms. The Bertz CT molecular complexity index is 867. The number of aliphatic hydroxyl groups is 1. The second-order valence-corrected chi connectivity index (χ2v) is 7.34. The largest absolute Gasteiger partial charge is 0.508 e. The van der Waals surface area contributed by atoms with Crippen LogP contribution in [0.5, 0.6) is 5.75 Å². The highest BCUT2D eigenvalue weighted by atomic mass is 16.3. The third-order valence-electron chi connectivity index (χ3n) is 6.05. The summed E-state index contributed by atoms with van der Waals surface area (Å²) in [6, 6.07) is 5.35. The van der Waals surface area contributed by atoms with Gasteiger partial charge in [0.1, 0.15) is 5.75 Å². The van der Waals surface area contributed by atoms with Crippen LogP contribution in [0.2, 0.25) is 0 Å². The van der Waals surface area contributed by atoms with Crippen molar-refractivity contribution in [3.05, 3.63) is 41.1 Å². The summed E-state index contributed by atoms with van der Waals surface area (Å²) in [5.41, 5.74) is 3.75. The molecule has 4 rings (SSSR count). The van der Waals surface area contributed by atoms with E-state index in [0.717, 1.165) is 23.0 Å². The summed E-state index contributed by atoms with van der Waals surface area (Å²) in [4.78, 5) is 18.6. The molecule has 1 aromatic carbocycles. The van der Waals surface area contributed by atoms with Crippen molar-refractivity contribution < 1.29 is 15.0 Å². The van der Waals surface area contributed by atoms with Gasteiger partial charge in [-0.25, -0.2) is 0 Å². The number of ketones is 1. The van der Waals surface area contributed by atoms with Crippen molar-refractivity contribution in [1.82, 2.24) is 9.88 Å². The topological polar surface area (TPSA) is 76.6 Å². The van der Waals surface area contributed by atoms with Gasteiger partial charge in [0.05, 0.1) is 5.69 Å². The number of H-pyrrole nitrogens is 1. The van der Waals surface area contributed by atoms with E-state index >= 15 is 0 Å². The van der Waals surface area contributed by atoms with Crippen molar-refractivity contribution in [2.75, 3.05) is 20.2 Å². The number of Topliss-reactive ketones (excluding diaryl/α,β-unsaturated/α-hetero) is 1.